The molecule has 2 amide bonds. The summed E-state index contributed by atoms with van der Waals surface area (Å²) in [7, 11) is 0. The highest BCUT2D eigenvalue weighted by Crippen LogP contribution is 2.23. The monoisotopic (exact) mass is 326 g/mol. The molecule has 0 bridgehead atoms. The Morgan fingerprint density at radius 1 is 1.17 bits per heavy atom. The highest BCUT2D eigenvalue weighted by atomic mass is 19.1. The number of hydrogen-bond donors (Lipinski definition) is 2. The molecule has 1 aliphatic heterocycles. The second-order valence-corrected chi connectivity index (χ2v) is 5.91. The number of rotatable bonds is 5. The summed E-state index contributed by atoms with van der Waals surface area (Å²) in [5.41, 5.74) is 3.51. The summed E-state index contributed by atoms with van der Waals surface area (Å²) in [5, 5.41) is 5.67. The normalized spacial score (nSPS) is 13.1. The van der Waals surface area contributed by atoms with E-state index in [-0.39, 0.29) is 24.1 Å². The zero-order valence-electron chi connectivity index (χ0n) is 13.3. The minimum Gasteiger partial charge on any atom is -0.355 e. The molecule has 0 fully saturated rings. The molecule has 0 unspecified atom stereocenters. The van der Waals surface area contributed by atoms with Crippen LogP contribution in [0, 0.1) is 5.82 Å². The van der Waals surface area contributed by atoms with Gasteiger partial charge in [0.15, 0.2) is 0 Å². The van der Waals surface area contributed by atoms with E-state index in [9.17, 15) is 14.0 Å². The van der Waals surface area contributed by atoms with Crippen molar-refractivity contribution >= 4 is 17.5 Å². The van der Waals surface area contributed by atoms with Crippen molar-refractivity contribution < 1.29 is 14.0 Å². The Kier molecular flexibility index (Phi) is 4.89. The van der Waals surface area contributed by atoms with E-state index < -0.39 is 0 Å². The molecule has 0 spiro atoms. The second kappa shape index (κ2) is 7.25. The predicted molar refractivity (Wildman–Crippen MR) is 90.2 cm³/mol. The summed E-state index contributed by atoms with van der Waals surface area (Å²) in [6.45, 7) is 0.498. The molecule has 2 aromatic carbocycles. The van der Waals surface area contributed by atoms with Crippen molar-refractivity contribution in [2.24, 2.45) is 0 Å². The van der Waals surface area contributed by atoms with Crippen molar-refractivity contribution in [2.45, 2.75) is 25.7 Å². The molecule has 0 radical (unpaired) electrons. The quantitative estimate of drug-likeness (QED) is 0.887. The van der Waals surface area contributed by atoms with Crippen molar-refractivity contribution in [3.63, 3.8) is 0 Å². The molecule has 0 saturated heterocycles. The first kappa shape index (κ1) is 16.2. The van der Waals surface area contributed by atoms with E-state index in [2.05, 4.69) is 16.7 Å². The predicted octanol–water partition coefficient (Wildman–Crippen LogP) is 2.61. The van der Waals surface area contributed by atoms with Crippen LogP contribution in [0.15, 0.2) is 42.5 Å². The molecule has 124 valence electrons. The van der Waals surface area contributed by atoms with Gasteiger partial charge in [0.25, 0.3) is 0 Å². The molecule has 0 aromatic heterocycles. The van der Waals surface area contributed by atoms with Gasteiger partial charge in [-0.2, -0.15) is 0 Å². The van der Waals surface area contributed by atoms with Crippen LogP contribution in [0.2, 0.25) is 0 Å². The fourth-order valence-corrected chi connectivity index (χ4v) is 2.82. The molecule has 2 aromatic rings. The summed E-state index contributed by atoms with van der Waals surface area (Å²) in [6.07, 6.45) is 2.00. The smallest absolute Gasteiger partial charge is 0.224 e. The summed E-state index contributed by atoms with van der Waals surface area (Å²) in [4.78, 5) is 23.2. The van der Waals surface area contributed by atoms with E-state index in [1.54, 1.807) is 18.2 Å². The van der Waals surface area contributed by atoms with Crippen molar-refractivity contribution in [3.05, 3.63) is 65.0 Å². The van der Waals surface area contributed by atoms with Gasteiger partial charge in [0.1, 0.15) is 5.82 Å². The van der Waals surface area contributed by atoms with Gasteiger partial charge >= 0.3 is 0 Å². The Bertz CT molecular complexity index is 774. The minimum atomic E-state index is -0.357. The zero-order chi connectivity index (χ0) is 16.9. The van der Waals surface area contributed by atoms with Gasteiger partial charge in [0.2, 0.25) is 11.8 Å². The average molecular weight is 326 g/mol. The van der Waals surface area contributed by atoms with E-state index >= 15 is 0 Å². The van der Waals surface area contributed by atoms with Crippen molar-refractivity contribution in [2.75, 3.05) is 11.9 Å². The maximum Gasteiger partial charge on any atom is 0.224 e. The van der Waals surface area contributed by atoms with Crippen LogP contribution in [0.5, 0.6) is 0 Å². The Morgan fingerprint density at radius 3 is 2.83 bits per heavy atom. The van der Waals surface area contributed by atoms with Crippen LogP contribution in [0.3, 0.4) is 0 Å². The number of aryl methyl sites for hydroxylation is 1. The van der Waals surface area contributed by atoms with E-state index in [0.29, 0.717) is 24.9 Å². The van der Waals surface area contributed by atoms with Gasteiger partial charge in [-0.1, -0.05) is 30.3 Å². The number of carbonyl (C=O) groups excluding carboxylic acids is 2. The zero-order valence-corrected chi connectivity index (χ0v) is 13.3. The van der Waals surface area contributed by atoms with Crippen LogP contribution in [-0.4, -0.2) is 18.4 Å². The first-order chi connectivity index (χ1) is 11.6. The average Bonchev–Trinajstić information content (AvgIpc) is 2.57. The van der Waals surface area contributed by atoms with Crippen molar-refractivity contribution in [3.8, 4) is 0 Å². The number of anilines is 1. The Morgan fingerprint density at radius 2 is 2.00 bits per heavy atom. The van der Waals surface area contributed by atoms with Gasteiger partial charge in [-0.15, -0.1) is 0 Å². The molecule has 0 atom stereocenters. The van der Waals surface area contributed by atoms with Crippen LogP contribution in [0.4, 0.5) is 10.1 Å². The molecule has 0 saturated carbocycles. The molecule has 3 rings (SSSR count). The van der Waals surface area contributed by atoms with Crippen LogP contribution in [-0.2, 0) is 28.9 Å². The Labute approximate surface area is 140 Å². The number of halogens is 1. The third-order valence-electron chi connectivity index (χ3n) is 4.11. The lowest BCUT2D eigenvalue weighted by atomic mass is 9.99. The number of carbonyl (C=O) groups is 2. The number of fused-ring (bicyclic) bond motifs is 1. The standard InChI is InChI=1S/C19H19FN2O2/c20-16-4-2-1-3-14(16)12-19(24)21-10-9-13-5-7-17-15(11-13)6-8-18(23)22-17/h1-5,7,11H,6,8-10,12H2,(H,21,24)(H,22,23). The molecule has 1 aliphatic rings. The van der Waals surface area contributed by atoms with E-state index in [1.165, 1.54) is 6.07 Å². The highest BCUT2D eigenvalue weighted by molar-refractivity contribution is 5.93. The van der Waals surface area contributed by atoms with Crippen LogP contribution in [0.25, 0.3) is 0 Å². The van der Waals surface area contributed by atoms with Gasteiger partial charge in [-0.05, 0) is 41.7 Å². The Hall–Kier alpha value is -2.69. The molecule has 2 N–H and O–H groups in total. The lowest BCUT2D eigenvalue weighted by Crippen LogP contribution is -2.27. The summed E-state index contributed by atoms with van der Waals surface area (Å²) in [6, 6.07) is 12.2. The highest BCUT2D eigenvalue weighted by Gasteiger charge is 2.14. The van der Waals surface area contributed by atoms with Crippen molar-refractivity contribution in [1.82, 2.24) is 5.32 Å². The summed E-state index contributed by atoms with van der Waals surface area (Å²) < 4.78 is 13.5. The molecular formula is C19H19FN2O2. The SMILES string of the molecule is O=C(Cc1ccccc1F)NCCc1ccc2c(c1)CCC(=O)N2. The number of nitrogens with one attached hydrogen (secondary N) is 2. The van der Waals surface area contributed by atoms with E-state index in [4.69, 9.17) is 0 Å². The molecular weight excluding hydrogens is 307 g/mol. The van der Waals surface area contributed by atoms with Crippen LogP contribution >= 0.6 is 0 Å². The number of benzene rings is 2. The fourth-order valence-electron chi connectivity index (χ4n) is 2.82. The largest absolute Gasteiger partial charge is 0.355 e. The number of amides is 2. The summed E-state index contributed by atoms with van der Waals surface area (Å²) >= 11 is 0. The first-order valence-corrected chi connectivity index (χ1v) is 8.03. The van der Waals surface area contributed by atoms with Crippen LogP contribution in [0.1, 0.15) is 23.1 Å². The minimum absolute atomic E-state index is 0.0445. The van der Waals surface area contributed by atoms with Gasteiger partial charge in [0.05, 0.1) is 6.42 Å². The lowest BCUT2D eigenvalue weighted by molar-refractivity contribution is -0.120. The maximum absolute atomic E-state index is 13.5. The van der Waals surface area contributed by atoms with Gasteiger partial charge in [-0.25, -0.2) is 4.39 Å². The van der Waals surface area contributed by atoms with Gasteiger partial charge < -0.3 is 10.6 Å². The third-order valence-corrected chi connectivity index (χ3v) is 4.11. The van der Waals surface area contributed by atoms with E-state index in [0.717, 1.165) is 23.2 Å². The maximum atomic E-state index is 13.5. The van der Waals surface area contributed by atoms with Gasteiger partial charge in [0, 0.05) is 18.7 Å². The van der Waals surface area contributed by atoms with Gasteiger partial charge in [-0.3, -0.25) is 9.59 Å². The van der Waals surface area contributed by atoms with Crippen molar-refractivity contribution in [1.29, 1.82) is 0 Å². The second-order valence-electron chi connectivity index (χ2n) is 5.91. The summed E-state index contributed by atoms with van der Waals surface area (Å²) in [5.74, 6) is -0.495. The molecule has 4 nitrogen and oxygen atoms in total. The Balaban J connectivity index is 1.50. The van der Waals surface area contributed by atoms with Crippen LogP contribution < -0.4 is 10.6 Å². The van der Waals surface area contributed by atoms with E-state index in [1.807, 2.05) is 12.1 Å². The first-order valence-electron chi connectivity index (χ1n) is 8.03. The molecule has 5 heteroatoms. The number of hydrogen-bond acceptors (Lipinski definition) is 2. The topological polar surface area (TPSA) is 58.2 Å². The third kappa shape index (κ3) is 3.98. The lowest BCUT2D eigenvalue weighted by Gasteiger charge is -2.17. The fraction of sp³-hybridized carbons (Fsp3) is 0.263. The molecule has 24 heavy (non-hydrogen) atoms. The molecule has 1 heterocycles. The molecule has 0 aliphatic carbocycles.